The maximum atomic E-state index is 3.97. The summed E-state index contributed by atoms with van der Waals surface area (Å²) in [6.45, 7) is 10.5. The Hall–Kier alpha value is -0.520. The van der Waals surface area contributed by atoms with Crippen LogP contribution in [0.2, 0.25) is 0 Å². The Labute approximate surface area is 64.6 Å². The smallest absolute Gasteiger partial charge is 0.0139 e. The molecule has 0 nitrogen and oxygen atoms in total. The second-order valence-corrected chi connectivity index (χ2v) is 2.90. The average Bonchev–Trinajstić information content (AvgIpc) is 1.88. The third-order valence-corrected chi connectivity index (χ3v) is 1.60. The van der Waals surface area contributed by atoms with E-state index in [2.05, 4.69) is 39.5 Å². The monoisotopic (exact) mass is 138 g/mol. The molecule has 0 aliphatic heterocycles. The van der Waals surface area contributed by atoms with E-state index in [1.165, 1.54) is 5.57 Å². The van der Waals surface area contributed by atoms with Crippen LogP contribution < -0.4 is 0 Å². The van der Waals surface area contributed by atoms with Gasteiger partial charge < -0.3 is 0 Å². The minimum absolute atomic E-state index is 0.626. The van der Waals surface area contributed by atoms with Crippen molar-refractivity contribution in [2.75, 3.05) is 0 Å². The largest absolute Gasteiger partial charge is 0.0993 e. The lowest BCUT2D eigenvalue weighted by atomic mass is 10.0. The first-order valence-corrected chi connectivity index (χ1v) is 4.01. The van der Waals surface area contributed by atoms with Crippen molar-refractivity contribution in [2.24, 2.45) is 5.92 Å². The molecule has 10 heavy (non-hydrogen) atoms. The van der Waals surface area contributed by atoms with Crippen molar-refractivity contribution in [3.05, 3.63) is 24.3 Å². The van der Waals surface area contributed by atoms with E-state index in [4.69, 9.17) is 0 Å². The van der Waals surface area contributed by atoms with Gasteiger partial charge in [-0.15, -0.1) is 0 Å². The van der Waals surface area contributed by atoms with Crippen molar-refractivity contribution < 1.29 is 0 Å². The molecule has 0 heterocycles. The van der Waals surface area contributed by atoms with E-state index in [-0.39, 0.29) is 0 Å². The van der Waals surface area contributed by atoms with Gasteiger partial charge in [-0.25, -0.2) is 0 Å². The van der Waals surface area contributed by atoms with Gasteiger partial charge in [0.1, 0.15) is 0 Å². The molecule has 0 rings (SSSR count). The van der Waals surface area contributed by atoms with Gasteiger partial charge in [-0.3, -0.25) is 0 Å². The van der Waals surface area contributed by atoms with Crippen LogP contribution in [0, 0.1) is 5.92 Å². The molecule has 0 aliphatic carbocycles. The molecule has 0 saturated carbocycles. The molecule has 0 saturated heterocycles. The highest BCUT2D eigenvalue weighted by molar-refractivity contribution is 5.04. The quantitative estimate of drug-likeness (QED) is 0.521. The van der Waals surface area contributed by atoms with E-state index in [1.807, 2.05) is 0 Å². The number of hydrogen-bond donors (Lipinski definition) is 0. The van der Waals surface area contributed by atoms with Crippen LogP contribution in [0.4, 0.5) is 0 Å². The van der Waals surface area contributed by atoms with Crippen molar-refractivity contribution in [1.29, 1.82) is 0 Å². The molecule has 0 N–H and O–H groups in total. The van der Waals surface area contributed by atoms with Gasteiger partial charge in [0.2, 0.25) is 0 Å². The second-order valence-electron chi connectivity index (χ2n) is 2.90. The van der Waals surface area contributed by atoms with Crippen LogP contribution in [-0.2, 0) is 0 Å². The topological polar surface area (TPSA) is 0 Å². The van der Waals surface area contributed by atoms with Crippen LogP contribution in [0.3, 0.4) is 0 Å². The van der Waals surface area contributed by atoms with E-state index in [1.54, 1.807) is 0 Å². The lowest BCUT2D eigenvalue weighted by Gasteiger charge is -2.04. The van der Waals surface area contributed by atoms with Crippen LogP contribution in [0.15, 0.2) is 24.3 Å². The summed E-state index contributed by atoms with van der Waals surface area (Å²) in [6.07, 6.45) is 6.56. The van der Waals surface area contributed by atoms with Gasteiger partial charge in [-0.1, -0.05) is 45.1 Å². The van der Waals surface area contributed by atoms with E-state index in [9.17, 15) is 0 Å². The summed E-state index contributed by atoms with van der Waals surface area (Å²) in [6, 6.07) is 0. The molecule has 58 valence electrons. The molecule has 0 aromatic rings. The summed E-state index contributed by atoms with van der Waals surface area (Å²) in [7, 11) is 0. The van der Waals surface area contributed by atoms with Gasteiger partial charge in [0.05, 0.1) is 0 Å². The zero-order chi connectivity index (χ0) is 7.98. The SMILES string of the molecule is C=C(CC=CCC)C(C)C. The molecule has 0 aliphatic rings. The third kappa shape index (κ3) is 4.37. The van der Waals surface area contributed by atoms with Crippen molar-refractivity contribution in [3.8, 4) is 0 Å². The molecule has 0 aromatic carbocycles. The van der Waals surface area contributed by atoms with Crippen molar-refractivity contribution in [1.82, 2.24) is 0 Å². The zero-order valence-electron chi connectivity index (χ0n) is 7.35. The average molecular weight is 138 g/mol. The Kier molecular flexibility index (Phi) is 5.00. The van der Waals surface area contributed by atoms with E-state index < -0.39 is 0 Å². The molecular weight excluding hydrogens is 120 g/mol. The zero-order valence-corrected chi connectivity index (χ0v) is 7.35. The lowest BCUT2D eigenvalue weighted by Crippen LogP contribution is -1.89. The van der Waals surface area contributed by atoms with Gasteiger partial charge >= 0.3 is 0 Å². The summed E-state index contributed by atoms with van der Waals surface area (Å²) < 4.78 is 0. The lowest BCUT2D eigenvalue weighted by molar-refractivity contribution is 0.751. The highest BCUT2D eigenvalue weighted by Crippen LogP contribution is 2.11. The number of rotatable bonds is 4. The Balaban J connectivity index is 3.49. The van der Waals surface area contributed by atoms with E-state index >= 15 is 0 Å². The van der Waals surface area contributed by atoms with Crippen LogP contribution >= 0.6 is 0 Å². The van der Waals surface area contributed by atoms with Gasteiger partial charge in [0.15, 0.2) is 0 Å². The Morgan fingerprint density at radius 2 is 2.00 bits per heavy atom. The minimum atomic E-state index is 0.626. The highest BCUT2D eigenvalue weighted by atomic mass is 14.0. The third-order valence-electron chi connectivity index (χ3n) is 1.60. The maximum absolute atomic E-state index is 3.97. The predicted octanol–water partition coefficient (Wildman–Crippen LogP) is 3.55. The van der Waals surface area contributed by atoms with Crippen molar-refractivity contribution in [3.63, 3.8) is 0 Å². The fraction of sp³-hybridized carbons (Fsp3) is 0.600. The molecule has 0 amide bonds. The Morgan fingerprint density at radius 1 is 1.40 bits per heavy atom. The fourth-order valence-electron chi connectivity index (χ4n) is 0.637. The normalized spacial score (nSPS) is 11.2. The second kappa shape index (κ2) is 5.28. The number of allylic oxidation sites excluding steroid dienone is 3. The van der Waals surface area contributed by atoms with Crippen LogP contribution in [0.25, 0.3) is 0 Å². The fourth-order valence-corrected chi connectivity index (χ4v) is 0.637. The molecule has 0 radical (unpaired) electrons. The highest BCUT2D eigenvalue weighted by Gasteiger charge is 1.95. The van der Waals surface area contributed by atoms with E-state index in [0.29, 0.717) is 5.92 Å². The van der Waals surface area contributed by atoms with Gasteiger partial charge in [0, 0.05) is 0 Å². The standard InChI is InChI=1S/C10H18/c1-5-6-7-8-10(4)9(2)3/h6-7,9H,4-5,8H2,1-3H3. The first-order chi connectivity index (χ1) is 4.68. The maximum Gasteiger partial charge on any atom is -0.0139 e. The number of hydrogen-bond acceptors (Lipinski definition) is 0. The first-order valence-electron chi connectivity index (χ1n) is 4.01. The van der Waals surface area contributed by atoms with Gasteiger partial charge in [-0.2, -0.15) is 0 Å². The molecular formula is C10H18. The minimum Gasteiger partial charge on any atom is -0.0993 e. The molecule has 0 unspecified atom stereocenters. The summed E-state index contributed by atoms with van der Waals surface area (Å²) in [4.78, 5) is 0. The van der Waals surface area contributed by atoms with E-state index in [0.717, 1.165) is 12.8 Å². The molecule has 0 aromatic heterocycles. The van der Waals surface area contributed by atoms with Crippen LogP contribution in [0.5, 0.6) is 0 Å². The molecule has 0 heteroatoms. The summed E-state index contributed by atoms with van der Waals surface area (Å²) in [5.41, 5.74) is 1.32. The summed E-state index contributed by atoms with van der Waals surface area (Å²) in [5, 5.41) is 0. The Morgan fingerprint density at radius 3 is 2.40 bits per heavy atom. The van der Waals surface area contributed by atoms with Crippen molar-refractivity contribution >= 4 is 0 Å². The molecule has 0 atom stereocenters. The Bertz CT molecular complexity index is 118. The van der Waals surface area contributed by atoms with Crippen LogP contribution in [0.1, 0.15) is 33.6 Å². The molecule has 0 spiro atoms. The predicted molar refractivity (Wildman–Crippen MR) is 48.0 cm³/mol. The van der Waals surface area contributed by atoms with Crippen molar-refractivity contribution in [2.45, 2.75) is 33.6 Å². The summed E-state index contributed by atoms with van der Waals surface area (Å²) in [5.74, 6) is 0.626. The first kappa shape index (κ1) is 9.48. The molecule has 0 fully saturated rings. The van der Waals surface area contributed by atoms with Gasteiger partial charge in [-0.05, 0) is 18.8 Å². The van der Waals surface area contributed by atoms with Crippen LogP contribution in [-0.4, -0.2) is 0 Å². The van der Waals surface area contributed by atoms with Gasteiger partial charge in [0.25, 0.3) is 0 Å². The molecule has 0 bridgehead atoms. The summed E-state index contributed by atoms with van der Waals surface area (Å²) >= 11 is 0.